The number of likely N-dealkylation sites (tertiary alicyclic amines) is 1. The molecule has 3 fully saturated rings. The van der Waals surface area contributed by atoms with Crippen LogP contribution in [0.5, 0.6) is 0 Å². The molecule has 3 heterocycles. The van der Waals surface area contributed by atoms with Crippen LogP contribution in [0.1, 0.15) is 56.3 Å². The Kier molecular flexibility index (Phi) is 11.2. The molecule has 3 saturated heterocycles. The van der Waals surface area contributed by atoms with E-state index in [9.17, 15) is 24.3 Å². The van der Waals surface area contributed by atoms with E-state index in [4.69, 9.17) is 9.47 Å². The highest BCUT2D eigenvalue weighted by Crippen LogP contribution is 2.61. The largest absolute Gasteiger partial charge is 0.463 e. The molecule has 0 aliphatic carbocycles. The minimum Gasteiger partial charge on any atom is -0.463 e. The van der Waals surface area contributed by atoms with Crippen molar-refractivity contribution in [2.24, 2.45) is 11.8 Å². The molecule has 0 radical (unpaired) electrons. The lowest BCUT2D eigenvalue weighted by molar-refractivity contribution is -0.152. The van der Waals surface area contributed by atoms with Gasteiger partial charge >= 0.3 is 5.97 Å². The number of aliphatic hydroxyl groups is 1. The van der Waals surface area contributed by atoms with Crippen molar-refractivity contribution in [1.29, 1.82) is 0 Å². The third kappa shape index (κ3) is 6.60. The summed E-state index contributed by atoms with van der Waals surface area (Å²) in [5.74, 6) is -3.56. The maximum absolute atomic E-state index is 14.8. The average Bonchev–Trinajstić information content (AvgIpc) is 3.68. The summed E-state index contributed by atoms with van der Waals surface area (Å²) in [6.45, 7) is 11.0. The number of nitrogens with one attached hydrogen (secondary N) is 1. The Morgan fingerprint density at radius 1 is 1.10 bits per heavy atom. The van der Waals surface area contributed by atoms with Gasteiger partial charge in [0.2, 0.25) is 17.7 Å². The van der Waals surface area contributed by atoms with E-state index in [2.05, 4.69) is 34.4 Å². The molecule has 2 aromatic rings. The van der Waals surface area contributed by atoms with E-state index in [-0.39, 0.29) is 36.3 Å². The number of allylic oxidation sites excluding steroid dienone is 1. The molecule has 8 atom stereocenters. The Morgan fingerprint density at radius 2 is 1.75 bits per heavy atom. The number of carbonyl (C=O) groups is 4. The first-order valence-electron chi connectivity index (χ1n) is 16.4. The minimum absolute atomic E-state index is 0.107. The summed E-state index contributed by atoms with van der Waals surface area (Å²) in [6, 6.07) is 15.4. The van der Waals surface area contributed by atoms with Crippen molar-refractivity contribution < 1.29 is 33.8 Å². The van der Waals surface area contributed by atoms with Gasteiger partial charge in [-0.05, 0) is 37.8 Å². The summed E-state index contributed by atoms with van der Waals surface area (Å²) in [6.07, 6.45) is 3.53. The van der Waals surface area contributed by atoms with E-state index < -0.39 is 66.1 Å². The number of hydrogen-bond donors (Lipinski definition) is 2. The maximum atomic E-state index is 14.8. The van der Waals surface area contributed by atoms with Gasteiger partial charge in [0, 0.05) is 23.8 Å². The molecule has 3 amide bonds. The van der Waals surface area contributed by atoms with Gasteiger partial charge in [-0.1, -0.05) is 88.7 Å². The molecule has 3 aliphatic rings. The fourth-order valence-electron chi connectivity index (χ4n) is 7.51. The zero-order chi connectivity index (χ0) is 34.6. The predicted octanol–water partition coefficient (Wildman–Crippen LogP) is 4.26. The number of aliphatic hydroxyl groups excluding tert-OH is 1. The monoisotopic (exact) mass is 721 g/mol. The number of ether oxygens (including phenoxy) is 2. The topological polar surface area (TPSA) is 125 Å². The van der Waals surface area contributed by atoms with Crippen molar-refractivity contribution in [3.8, 4) is 0 Å². The highest BCUT2D eigenvalue weighted by atomic mass is 79.9. The SMILES string of the molecule is C=CCCC(=O)OC[C@H](NC(=O)[C@@H]1[C@H]2O[C@@]3(CC2Br)[C@H](C(=O)N(CC=C)C(C)C)N([C@H](CO)c2ccccc2)C(=O)[C@@H]13)c1ccccc1. The second kappa shape index (κ2) is 15.2. The number of carbonyl (C=O) groups excluding carboxylic acids is 4. The summed E-state index contributed by atoms with van der Waals surface area (Å²) in [4.78, 5) is 59.0. The molecule has 256 valence electrons. The van der Waals surface area contributed by atoms with Crippen molar-refractivity contribution in [2.75, 3.05) is 19.8 Å². The van der Waals surface area contributed by atoms with E-state index in [1.807, 2.05) is 74.5 Å². The van der Waals surface area contributed by atoms with Crippen LogP contribution in [0.4, 0.5) is 0 Å². The number of halogens is 1. The van der Waals surface area contributed by atoms with Crippen LogP contribution < -0.4 is 5.32 Å². The fourth-order valence-corrected chi connectivity index (χ4v) is 8.45. The third-order valence-corrected chi connectivity index (χ3v) is 10.5. The van der Waals surface area contributed by atoms with E-state index >= 15 is 0 Å². The fraction of sp³-hybridized carbons (Fsp3) is 0.459. The van der Waals surface area contributed by atoms with Gasteiger partial charge in [0.25, 0.3) is 0 Å². The van der Waals surface area contributed by atoms with Crippen molar-refractivity contribution in [1.82, 2.24) is 15.1 Å². The van der Waals surface area contributed by atoms with Gasteiger partial charge in [0.1, 0.15) is 18.2 Å². The van der Waals surface area contributed by atoms with Gasteiger partial charge in [0.05, 0.1) is 36.6 Å². The van der Waals surface area contributed by atoms with E-state index in [1.54, 1.807) is 17.1 Å². The molecular weight excluding hydrogens is 678 g/mol. The first-order valence-corrected chi connectivity index (χ1v) is 17.3. The van der Waals surface area contributed by atoms with Crippen LogP contribution >= 0.6 is 15.9 Å². The van der Waals surface area contributed by atoms with Gasteiger partial charge < -0.3 is 29.7 Å². The highest BCUT2D eigenvalue weighted by molar-refractivity contribution is 9.09. The summed E-state index contributed by atoms with van der Waals surface area (Å²) < 4.78 is 12.3. The van der Waals surface area contributed by atoms with Gasteiger partial charge in [-0.3, -0.25) is 19.2 Å². The summed E-state index contributed by atoms with van der Waals surface area (Å²) in [7, 11) is 0. The van der Waals surface area contributed by atoms with Crippen molar-refractivity contribution in [3.63, 3.8) is 0 Å². The second-order valence-corrected chi connectivity index (χ2v) is 14.0. The standard InChI is InChI=1S/C37H44BrN3O7/c1-5-7-18-29(43)47-22-27(24-14-10-8-11-15-24)39-34(44)30-31-35(45)41(28(21-42)25-16-12-9-13-17-25)33(36(46)40(19-6-2)23(3)4)37(31)20-26(38)32(30)48-37/h5-6,8-17,23,26-28,30-33,42H,1-2,7,18-22H2,3-4H3,(H,39,44)/t26?,27-,28+,30-,31+,32-,33-,37+/m0/s1. The van der Waals surface area contributed by atoms with Crippen LogP contribution in [0, 0.1) is 11.8 Å². The Hall–Kier alpha value is -3.80. The number of rotatable bonds is 15. The molecular formula is C37H44BrN3O7. The highest BCUT2D eigenvalue weighted by Gasteiger charge is 2.77. The first-order chi connectivity index (χ1) is 23.1. The normalized spacial score (nSPS) is 26.9. The number of esters is 1. The Labute approximate surface area is 290 Å². The van der Waals surface area contributed by atoms with Crippen LogP contribution in [-0.2, 0) is 28.7 Å². The second-order valence-electron chi connectivity index (χ2n) is 12.9. The molecule has 3 aliphatic heterocycles. The maximum Gasteiger partial charge on any atom is 0.306 e. The van der Waals surface area contributed by atoms with Crippen molar-refractivity contribution in [3.05, 3.63) is 97.1 Å². The van der Waals surface area contributed by atoms with E-state index in [0.717, 1.165) is 5.56 Å². The predicted molar refractivity (Wildman–Crippen MR) is 184 cm³/mol. The third-order valence-electron chi connectivity index (χ3n) is 9.67. The van der Waals surface area contributed by atoms with Crippen molar-refractivity contribution >= 4 is 39.6 Å². The number of alkyl halides is 1. The summed E-state index contributed by atoms with van der Waals surface area (Å²) in [5.41, 5.74) is 0.0614. The Bertz CT molecular complexity index is 1500. The molecule has 1 spiro atoms. The molecule has 10 nitrogen and oxygen atoms in total. The van der Waals surface area contributed by atoms with Gasteiger partial charge in [-0.2, -0.15) is 0 Å². The summed E-state index contributed by atoms with van der Waals surface area (Å²) >= 11 is 3.73. The molecule has 0 saturated carbocycles. The molecule has 2 bridgehead atoms. The zero-order valence-corrected chi connectivity index (χ0v) is 29.0. The molecule has 2 aromatic carbocycles. The quantitative estimate of drug-likeness (QED) is 0.160. The van der Waals surface area contributed by atoms with Crippen LogP contribution in [0.15, 0.2) is 86.0 Å². The van der Waals surface area contributed by atoms with Gasteiger partial charge in [-0.15, -0.1) is 13.2 Å². The lowest BCUT2D eigenvalue weighted by atomic mass is 9.70. The van der Waals surface area contributed by atoms with Crippen LogP contribution in [0.25, 0.3) is 0 Å². The number of hydrogen-bond acceptors (Lipinski definition) is 7. The number of benzene rings is 2. The molecule has 1 unspecified atom stereocenters. The van der Waals surface area contributed by atoms with E-state index in [0.29, 0.717) is 18.4 Å². The van der Waals surface area contributed by atoms with Gasteiger partial charge in [0.15, 0.2) is 0 Å². The van der Waals surface area contributed by atoms with Gasteiger partial charge in [-0.25, -0.2) is 0 Å². The molecule has 2 N–H and O–H groups in total. The Balaban J connectivity index is 1.53. The molecule has 0 aromatic heterocycles. The van der Waals surface area contributed by atoms with Crippen LogP contribution in [0.3, 0.4) is 0 Å². The molecule has 11 heteroatoms. The average molecular weight is 723 g/mol. The van der Waals surface area contributed by atoms with Crippen LogP contribution in [-0.4, -0.2) is 87.0 Å². The summed E-state index contributed by atoms with van der Waals surface area (Å²) in [5, 5.41) is 13.8. The smallest absolute Gasteiger partial charge is 0.306 e. The zero-order valence-electron chi connectivity index (χ0n) is 27.4. The lowest BCUT2D eigenvalue weighted by Gasteiger charge is -2.40. The molecule has 48 heavy (non-hydrogen) atoms. The first kappa shape index (κ1) is 35.5. The number of fused-ring (bicyclic) bond motifs is 1. The number of nitrogens with zero attached hydrogens (tertiary/aromatic N) is 2. The van der Waals surface area contributed by atoms with Crippen molar-refractivity contribution in [2.45, 2.75) is 73.8 Å². The Morgan fingerprint density at radius 3 is 2.33 bits per heavy atom. The van der Waals surface area contributed by atoms with Crippen LogP contribution in [0.2, 0.25) is 0 Å². The van der Waals surface area contributed by atoms with E-state index in [1.165, 1.54) is 4.90 Å². The minimum atomic E-state index is -1.33. The molecule has 5 rings (SSSR count). The number of amides is 3. The lowest BCUT2D eigenvalue weighted by Crippen LogP contribution is -2.58.